The van der Waals surface area contributed by atoms with Crippen LogP contribution in [0.5, 0.6) is 23.0 Å². The topological polar surface area (TPSA) is 108 Å². The third-order valence-electron chi connectivity index (χ3n) is 6.93. The molecule has 0 radical (unpaired) electrons. The summed E-state index contributed by atoms with van der Waals surface area (Å²) in [5.41, 5.74) is 2.59. The zero-order valence-corrected chi connectivity index (χ0v) is 25.5. The monoisotopic (exact) mass is 602 g/mol. The van der Waals surface area contributed by atoms with Crippen molar-refractivity contribution >= 4 is 19.4 Å². The van der Waals surface area contributed by atoms with E-state index in [0.717, 1.165) is 11.1 Å². The molecule has 4 rings (SSSR count). The molecular weight excluding hydrogens is 567 g/mol. The van der Waals surface area contributed by atoms with Gasteiger partial charge in [-0.3, -0.25) is 14.5 Å². The zero-order chi connectivity index (χ0) is 31.0. The lowest BCUT2D eigenvalue weighted by Crippen LogP contribution is -2.14. The summed E-state index contributed by atoms with van der Waals surface area (Å²) in [6.45, 7) is 3.64. The molecule has 4 aromatic rings. The molecule has 4 aromatic carbocycles. The van der Waals surface area contributed by atoms with Crippen molar-refractivity contribution in [1.29, 1.82) is 0 Å². The third kappa shape index (κ3) is 8.80. The van der Waals surface area contributed by atoms with Crippen LogP contribution in [0.2, 0.25) is 0 Å². The van der Waals surface area contributed by atoms with E-state index in [2.05, 4.69) is 0 Å². The Morgan fingerprint density at radius 3 is 1.40 bits per heavy atom. The van der Waals surface area contributed by atoms with Gasteiger partial charge in [-0.1, -0.05) is 62.4 Å². The summed E-state index contributed by atoms with van der Waals surface area (Å²) >= 11 is 0. The smallest absolute Gasteiger partial charge is 0.497 e. The number of carbonyl (C=O) groups excluding carboxylic acids is 2. The number of hydrogen-bond acceptors (Lipinski definition) is 7. The van der Waals surface area contributed by atoms with Gasteiger partial charge in [-0.15, -0.1) is 0 Å². The number of carbonyl (C=O) groups is 2. The summed E-state index contributed by atoms with van der Waals surface area (Å²) in [7, 11) is -1.49. The Hall–Kier alpha value is -4.39. The molecule has 2 atom stereocenters. The average Bonchev–Trinajstić information content (AvgIpc) is 3.00. The van der Waals surface area contributed by atoms with Crippen LogP contribution >= 0.6 is 7.82 Å². The molecule has 224 valence electrons. The first kappa shape index (κ1) is 31.5. The predicted octanol–water partition coefficient (Wildman–Crippen LogP) is 7.39. The van der Waals surface area contributed by atoms with Crippen LogP contribution in [0.4, 0.5) is 0 Å². The lowest BCUT2D eigenvalue weighted by Gasteiger charge is -2.16. The van der Waals surface area contributed by atoms with Gasteiger partial charge >= 0.3 is 7.82 Å². The van der Waals surface area contributed by atoms with Gasteiger partial charge in [-0.25, -0.2) is 4.57 Å². The second kappa shape index (κ2) is 14.2. The van der Waals surface area contributed by atoms with Gasteiger partial charge in [0, 0.05) is 23.0 Å². The number of benzene rings is 4. The van der Waals surface area contributed by atoms with Gasteiger partial charge in [-0.2, -0.15) is 0 Å². The summed E-state index contributed by atoms with van der Waals surface area (Å²) < 4.78 is 34.0. The summed E-state index contributed by atoms with van der Waals surface area (Å²) in [5, 5.41) is 0. The summed E-state index contributed by atoms with van der Waals surface area (Å²) in [5.74, 6) is 0.436. The van der Waals surface area contributed by atoms with Gasteiger partial charge < -0.3 is 18.5 Å². The molecule has 0 heterocycles. The standard InChI is InChI=1S/C34H35O8P/c1-23(17-25-9-5-13-29(19-25)39-3)33(35)27-11-7-15-31(21-27)41-43(37,38)42-32-16-8-12-28(22-32)34(36)24(2)18-26-10-6-14-30(20-26)40-4/h5-16,19-24H,17-18H2,1-4H3,(H,37,38). The molecule has 43 heavy (non-hydrogen) atoms. The SMILES string of the molecule is COc1cccc(CC(C)C(=O)c2cccc(OP(=O)(O)Oc3cccc(C(=O)C(C)Cc4cccc(OC)c4)c3)c2)c1. The second-order valence-corrected chi connectivity index (χ2v) is 11.7. The fourth-order valence-electron chi connectivity index (χ4n) is 4.76. The first-order valence-corrected chi connectivity index (χ1v) is 15.3. The average molecular weight is 603 g/mol. The van der Waals surface area contributed by atoms with Crippen LogP contribution in [-0.4, -0.2) is 30.7 Å². The van der Waals surface area contributed by atoms with Gasteiger partial charge in [0.15, 0.2) is 11.6 Å². The van der Waals surface area contributed by atoms with Crippen molar-refractivity contribution in [2.75, 3.05) is 14.2 Å². The Kier molecular flexibility index (Phi) is 10.4. The molecular formula is C34H35O8P. The van der Waals surface area contributed by atoms with E-state index in [-0.39, 0.29) is 34.9 Å². The fraction of sp³-hybridized carbons (Fsp3) is 0.235. The maximum atomic E-state index is 13.1. The Labute approximate surface area is 251 Å². The largest absolute Gasteiger partial charge is 0.584 e. The minimum absolute atomic E-state index is 0.00408. The van der Waals surface area contributed by atoms with Gasteiger partial charge in [-0.05, 0) is 72.5 Å². The van der Waals surface area contributed by atoms with Gasteiger partial charge in [0.2, 0.25) is 0 Å². The van der Waals surface area contributed by atoms with Crippen molar-refractivity contribution in [3.05, 3.63) is 119 Å². The van der Waals surface area contributed by atoms with Crippen LogP contribution in [-0.2, 0) is 17.4 Å². The molecule has 0 fully saturated rings. The number of Topliss-reactive ketones (excluding diaryl/α,β-unsaturated/α-hetero) is 2. The van der Waals surface area contributed by atoms with E-state index in [0.29, 0.717) is 35.5 Å². The van der Waals surface area contributed by atoms with Crippen LogP contribution in [0.1, 0.15) is 45.7 Å². The van der Waals surface area contributed by atoms with E-state index in [4.69, 9.17) is 18.5 Å². The van der Waals surface area contributed by atoms with E-state index >= 15 is 0 Å². The maximum Gasteiger partial charge on any atom is 0.584 e. The van der Waals surface area contributed by atoms with E-state index in [9.17, 15) is 19.0 Å². The highest BCUT2D eigenvalue weighted by Gasteiger charge is 2.27. The number of hydrogen-bond donors (Lipinski definition) is 1. The van der Waals surface area contributed by atoms with Gasteiger partial charge in [0.05, 0.1) is 14.2 Å². The lowest BCUT2D eigenvalue weighted by atomic mass is 9.93. The summed E-state index contributed by atoms with van der Waals surface area (Å²) in [6.07, 6.45) is 0.992. The molecule has 0 aliphatic rings. The molecule has 0 spiro atoms. The molecule has 8 nitrogen and oxygen atoms in total. The van der Waals surface area contributed by atoms with Gasteiger partial charge in [0.1, 0.15) is 23.0 Å². The number of rotatable bonds is 14. The number of ether oxygens (including phenoxy) is 2. The highest BCUT2D eigenvalue weighted by atomic mass is 31.2. The van der Waals surface area contributed by atoms with Crippen molar-refractivity contribution in [2.24, 2.45) is 11.8 Å². The highest BCUT2D eigenvalue weighted by molar-refractivity contribution is 7.48. The Morgan fingerprint density at radius 2 is 1.00 bits per heavy atom. The molecule has 0 aromatic heterocycles. The molecule has 0 aliphatic carbocycles. The minimum Gasteiger partial charge on any atom is -0.497 e. The minimum atomic E-state index is -4.66. The molecule has 2 unspecified atom stereocenters. The Balaban J connectivity index is 1.40. The van der Waals surface area contributed by atoms with E-state index in [1.54, 1.807) is 38.5 Å². The fourth-order valence-corrected chi connectivity index (χ4v) is 5.55. The van der Waals surface area contributed by atoms with E-state index in [1.807, 2.05) is 62.4 Å². The van der Waals surface area contributed by atoms with E-state index < -0.39 is 7.82 Å². The Bertz CT molecular complexity index is 1520. The third-order valence-corrected chi connectivity index (χ3v) is 7.81. The molecule has 0 amide bonds. The van der Waals surface area contributed by atoms with Crippen molar-refractivity contribution in [1.82, 2.24) is 0 Å². The van der Waals surface area contributed by atoms with E-state index in [1.165, 1.54) is 24.3 Å². The first-order chi connectivity index (χ1) is 20.6. The van der Waals surface area contributed by atoms with Crippen LogP contribution in [0, 0.1) is 11.8 Å². The molecule has 9 heteroatoms. The zero-order valence-electron chi connectivity index (χ0n) is 24.6. The summed E-state index contributed by atoms with van der Waals surface area (Å²) in [4.78, 5) is 36.8. The van der Waals surface area contributed by atoms with Crippen molar-refractivity contribution < 1.29 is 37.6 Å². The highest BCUT2D eigenvalue weighted by Crippen LogP contribution is 2.44. The first-order valence-electron chi connectivity index (χ1n) is 13.8. The van der Waals surface area contributed by atoms with Crippen molar-refractivity contribution in [3.63, 3.8) is 0 Å². The van der Waals surface area contributed by atoms with Crippen LogP contribution < -0.4 is 18.5 Å². The van der Waals surface area contributed by atoms with Crippen molar-refractivity contribution in [3.8, 4) is 23.0 Å². The maximum absolute atomic E-state index is 13.1. The van der Waals surface area contributed by atoms with Crippen LogP contribution in [0.25, 0.3) is 0 Å². The molecule has 0 saturated carbocycles. The van der Waals surface area contributed by atoms with Gasteiger partial charge in [0.25, 0.3) is 0 Å². The number of phosphoric acid groups is 1. The lowest BCUT2D eigenvalue weighted by molar-refractivity contribution is 0.0922. The van der Waals surface area contributed by atoms with Crippen LogP contribution in [0.3, 0.4) is 0 Å². The normalized spacial score (nSPS) is 13.7. The van der Waals surface area contributed by atoms with Crippen molar-refractivity contribution in [2.45, 2.75) is 26.7 Å². The molecule has 0 bridgehead atoms. The predicted molar refractivity (Wildman–Crippen MR) is 164 cm³/mol. The quantitative estimate of drug-likeness (QED) is 0.118. The molecule has 1 N–H and O–H groups in total. The Morgan fingerprint density at radius 1 is 0.628 bits per heavy atom. The number of ketones is 2. The number of methoxy groups -OCH3 is 2. The molecule has 0 aliphatic heterocycles. The van der Waals surface area contributed by atoms with Crippen LogP contribution in [0.15, 0.2) is 97.1 Å². The number of phosphoric ester groups is 1. The second-order valence-electron chi connectivity index (χ2n) is 10.3. The molecule has 0 saturated heterocycles. The summed E-state index contributed by atoms with van der Waals surface area (Å²) in [6, 6.07) is 27.2.